The van der Waals surface area contributed by atoms with Crippen molar-refractivity contribution in [2.75, 3.05) is 102 Å². The lowest BCUT2D eigenvalue weighted by molar-refractivity contribution is 0.0205. The van der Waals surface area contributed by atoms with Crippen LogP contribution in [0, 0.1) is 0 Å². The maximum absolute atomic E-state index is 5.78. The van der Waals surface area contributed by atoms with Crippen LogP contribution in [0.4, 0.5) is 0 Å². The largest absolute Gasteiger partial charge is 0.378 e. The van der Waals surface area contributed by atoms with Crippen molar-refractivity contribution in [1.29, 1.82) is 0 Å². The van der Waals surface area contributed by atoms with Gasteiger partial charge in [-0.25, -0.2) is 0 Å². The Hall–Kier alpha value is 1.78. The van der Waals surface area contributed by atoms with Crippen molar-refractivity contribution < 1.29 is 28.4 Å². The standard InChI is InChI=1S/C22H32O6S8/c1-5-25-9-13-29-17-18-31-15-11-27-7-3-24-4-8-28-12-16-32-20-19(30-14-10-26-6-2-23-1)35-22(36-20)21(33-17)34-18/h1-16H2. The maximum Gasteiger partial charge on any atom is 0.0717 e. The zero-order valence-corrected chi connectivity index (χ0v) is 26.6. The van der Waals surface area contributed by atoms with E-state index in [2.05, 4.69) is 0 Å². The minimum atomic E-state index is 0.615. The van der Waals surface area contributed by atoms with Gasteiger partial charge < -0.3 is 28.4 Å². The van der Waals surface area contributed by atoms with E-state index < -0.39 is 0 Å². The van der Waals surface area contributed by atoms with E-state index in [1.54, 1.807) is 0 Å². The molecule has 0 aromatic rings. The summed E-state index contributed by atoms with van der Waals surface area (Å²) in [5.74, 6) is 3.75. The molecule has 36 heavy (non-hydrogen) atoms. The first-order valence-electron chi connectivity index (χ1n) is 11.8. The van der Waals surface area contributed by atoms with E-state index >= 15 is 0 Å². The quantitative estimate of drug-likeness (QED) is 0.292. The summed E-state index contributed by atoms with van der Waals surface area (Å²) in [5.41, 5.74) is 0. The molecule has 0 fully saturated rings. The van der Waals surface area contributed by atoms with Crippen molar-refractivity contribution in [3.63, 3.8) is 0 Å². The molecule has 0 aliphatic carbocycles. The molecule has 14 heteroatoms. The van der Waals surface area contributed by atoms with E-state index in [1.807, 2.05) is 94.1 Å². The van der Waals surface area contributed by atoms with Gasteiger partial charge in [-0.3, -0.25) is 0 Å². The van der Waals surface area contributed by atoms with Crippen LogP contribution in [0.2, 0.25) is 0 Å². The average molecular weight is 649 g/mol. The van der Waals surface area contributed by atoms with E-state index in [0.717, 1.165) is 49.4 Å². The monoisotopic (exact) mass is 648 g/mol. The van der Waals surface area contributed by atoms with Gasteiger partial charge >= 0.3 is 0 Å². The van der Waals surface area contributed by atoms with Crippen LogP contribution in [0.5, 0.6) is 0 Å². The first-order valence-corrected chi connectivity index (χ1v) is 19.0. The Bertz CT molecular complexity index is 660. The Morgan fingerprint density at radius 3 is 0.750 bits per heavy atom. The van der Waals surface area contributed by atoms with Crippen molar-refractivity contribution in [2.45, 2.75) is 0 Å². The van der Waals surface area contributed by atoms with Crippen LogP contribution in [0.3, 0.4) is 0 Å². The summed E-state index contributed by atoms with van der Waals surface area (Å²) in [4.78, 5) is 0. The highest BCUT2D eigenvalue weighted by atomic mass is 32.3. The fourth-order valence-electron chi connectivity index (χ4n) is 2.92. The molecule has 4 aliphatic heterocycles. The molecule has 0 aromatic heterocycles. The SMILES string of the molecule is C1COCCSC2=C3SCCOCCOCCOCCSC4=C(SCCOCCO1)SC(=C(S2)S3)S4. The molecule has 0 radical (unpaired) electrons. The average Bonchev–Trinajstić information content (AvgIpc) is 3.47. The van der Waals surface area contributed by atoms with Gasteiger partial charge in [0.2, 0.25) is 0 Å². The molecule has 0 aromatic carbocycles. The van der Waals surface area contributed by atoms with Crippen LogP contribution in [0.15, 0.2) is 25.4 Å². The second-order valence-electron chi connectivity index (χ2n) is 7.20. The summed E-state index contributed by atoms with van der Waals surface area (Å²) in [6.07, 6.45) is 0. The lowest BCUT2D eigenvalue weighted by Crippen LogP contribution is -2.11. The molecule has 0 unspecified atom stereocenters. The lowest BCUT2D eigenvalue weighted by Gasteiger charge is -2.09. The van der Waals surface area contributed by atoms with Gasteiger partial charge in [-0.15, -0.1) is 47.0 Å². The minimum absolute atomic E-state index is 0.615. The molecule has 4 aliphatic rings. The van der Waals surface area contributed by atoms with E-state index in [4.69, 9.17) is 28.4 Å². The van der Waals surface area contributed by atoms with E-state index in [9.17, 15) is 0 Å². The summed E-state index contributed by atoms with van der Waals surface area (Å²) >= 11 is 15.3. The van der Waals surface area contributed by atoms with Gasteiger partial charge in [0, 0.05) is 23.0 Å². The summed E-state index contributed by atoms with van der Waals surface area (Å²) in [5, 5.41) is 0. The van der Waals surface area contributed by atoms with Crippen LogP contribution in [-0.4, -0.2) is 102 Å². The molecule has 0 N–H and O–H groups in total. The Labute approximate surface area is 248 Å². The predicted molar refractivity (Wildman–Crippen MR) is 166 cm³/mol. The smallest absolute Gasteiger partial charge is 0.0717 e. The molecule has 0 spiro atoms. The van der Waals surface area contributed by atoms with Crippen molar-refractivity contribution >= 4 is 94.1 Å². The molecule has 0 saturated heterocycles. The van der Waals surface area contributed by atoms with Crippen LogP contribution >= 0.6 is 94.1 Å². The number of rotatable bonds is 0. The van der Waals surface area contributed by atoms with Gasteiger partial charge in [-0.2, -0.15) is 0 Å². The third-order valence-corrected chi connectivity index (χ3v) is 16.0. The van der Waals surface area contributed by atoms with Crippen molar-refractivity contribution in [3.05, 3.63) is 25.4 Å². The van der Waals surface area contributed by atoms with Gasteiger partial charge in [0.15, 0.2) is 0 Å². The lowest BCUT2D eigenvalue weighted by atomic mass is 10.7. The molecule has 0 saturated carbocycles. The predicted octanol–water partition coefficient (Wildman–Crippen LogP) is 6.39. The normalized spacial score (nSPS) is 26.0. The second-order valence-corrected chi connectivity index (χ2v) is 17.3. The molecular formula is C22H32O6S8. The third-order valence-electron chi connectivity index (χ3n) is 4.57. The Morgan fingerprint density at radius 2 is 0.500 bits per heavy atom. The van der Waals surface area contributed by atoms with E-state index in [-0.39, 0.29) is 0 Å². The first kappa shape index (κ1) is 30.7. The maximum atomic E-state index is 5.78. The van der Waals surface area contributed by atoms with Crippen LogP contribution < -0.4 is 0 Å². The first-order chi connectivity index (χ1) is 17.9. The molecule has 0 atom stereocenters. The second kappa shape index (κ2) is 19.0. The molecule has 6 nitrogen and oxygen atoms in total. The summed E-state index contributed by atoms with van der Waals surface area (Å²) in [6, 6.07) is 0. The van der Waals surface area contributed by atoms with Crippen molar-refractivity contribution in [2.24, 2.45) is 0 Å². The molecule has 6 bridgehead atoms. The topological polar surface area (TPSA) is 55.4 Å². The zero-order chi connectivity index (χ0) is 24.7. The number of thioether (sulfide) groups is 8. The zero-order valence-electron chi connectivity index (χ0n) is 20.0. The van der Waals surface area contributed by atoms with Crippen molar-refractivity contribution in [3.8, 4) is 0 Å². The highest BCUT2D eigenvalue weighted by Gasteiger charge is 2.31. The van der Waals surface area contributed by atoms with Gasteiger partial charge in [0.05, 0.1) is 105 Å². The Balaban J connectivity index is 1.45. The van der Waals surface area contributed by atoms with Gasteiger partial charge in [-0.1, -0.05) is 47.0 Å². The number of fused-ring (bicyclic) bond motifs is 4. The molecule has 4 rings (SSSR count). The summed E-state index contributed by atoms with van der Waals surface area (Å²) in [7, 11) is 0. The van der Waals surface area contributed by atoms with Gasteiger partial charge in [0.1, 0.15) is 0 Å². The van der Waals surface area contributed by atoms with Crippen molar-refractivity contribution in [1.82, 2.24) is 0 Å². The van der Waals surface area contributed by atoms with E-state index in [1.165, 1.54) is 25.4 Å². The molecule has 204 valence electrons. The van der Waals surface area contributed by atoms with Gasteiger partial charge in [0.25, 0.3) is 0 Å². The Morgan fingerprint density at radius 1 is 0.278 bits per heavy atom. The van der Waals surface area contributed by atoms with E-state index in [0.29, 0.717) is 52.9 Å². The minimum Gasteiger partial charge on any atom is -0.378 e. The molecule has 0 amide bonds. The summed E-state index contributed by atoms with van der Waals surface area (Å²) < 4.78 is 42.8. The highest BCUT2D eigenvalue weighted by molar-refractivity contribution is 8.45. The number of hydrogen-bond donors (Lipinski definition) is 0. The molecular weight excluding hydrogens is 617 g/mol. The third kappa shape index (κ3) is 11.3. The van der Waals surface area contributed by atoms with Crippen LogP contribution in [0.1, 0.15) is 0 Å². The highest BCUT2D eigenvalue weighted by Crippen LogP contribution is 2.66. The van der Waals surface area contributed by atoms with Crippen LogP contribution in [0.25, 0.3) is 0 Å². The summed E-state index contributed by atoms with van der Waals surface area (Å²) in [6.45, 7) is 7.86. The Kier molecular flexibility index (Phi) is 16.2. The molecule has 4 heterocycles. The number of hydrogen-bond acceptors (Lipinski definition) is 14. The van der Waals surface area contributed by atoms with Crippen LogP contribution in [-0.2, 0) is 28.4 Å². The fraction of sp³-hybridized carbons (Fsp3) is 0.727. The number of ether oxygens (including phenoxy) is 6. The van der Waals surface area contributed by atoms with Gasteiger partial charge in [-0.05, 0) is 0 Å². The fourth-order valence-corrected chi connectivity index (χ4v) is 14.6.